The van der Waals surface area contributed by atoms with Gasteiger partial charge in [-0.25, -0.2) is 5.10 Å². The highest BCUT2D eigenvalue weighted by Crippen LogP contribution is 2.17. The summed E-state index contributed by atoms with van der Waals surface area (Å²) in [5.41, 5.74) is 2.31. The standard InChI is InChI=1S/C15H15N3O2/c19-14-9-11-8-12(6-7-13(11)17-18-14)16-15(20)10-4-2-1-3-5-10/h1-5,9,12H,6-8H2,(H,16,20)(H,18,19). The van der Waals surface area contributed by atoms with Crippen LogP contribution in [-0.2, 0) is 12.8 Å². The van der Waals surface area contributed by atoms with E-state index in [2.05, 4.69) is 15.5 Å². The van der Waals surface area contributed by atoms with E-state index < -0.39 is 0 Å². The van der Waals surface area contributed by atoms with Crippen LogP contribution in [0.4, 0.5) is 0 Å². The second kappa shape index (κ2) is 5.28. The monoisotopic (exact) mass is 269 g/mol. The van der Waals surface area contributed by atoms with Crippen LogP contribution in [0, 0.1) is 0 Å². The van der Waals surface area contributed by atoms with E-state index in [1.165, 1.54) is 0 Å². The van der Waals surface area contributed by atoms with Crippen molar-refractivity contribution in [2.24, 2.45) is 0 Å². The fourth-order valence-electron chi connectivity index (χ4n) is 2.52. The van der Waals surface area contributed by atoms with Gasteiger partial charge < -0.3 is 5.32 Å². The summed E-state index contributed by atoms with van der Waals surface area (Å²) in [6.07, 6.45) is 2.27. The maximum atomic E-state index is 12.1. The topological polar surface area (TPSA) is 74.8 Å². The Kier molecular flexibility index (Phi) is 3.33. The lowest BCUT2D eigenvalue weighted by atomic mass is 9.92. The van der Waals surface area contributed by atoms with Gasteiger partial charge in [-0.15, -0.1) is 0 Å². The normalized spacial score (nSPS) is 17.3. The highest BCUT2D eigenvalue weighted by atomic mass is 16.1. The van der Waals surface area contributed by atoms with Gasteiger partial charge in [-0.05, 0) is 37.0 Å². The van der Waals surface area contributed by atoms with Crippen molar-refractivity contribution in [3.63, 3.8) is 0 Å². The van der Waals surface area contributed by atoms with Crippen molar-refractivity contribution in [3.8, 4) is 0 Å². The number of fused-ring (bicyclic) bond motifs is 1. The number of H-pyrrole nitrogens is 1. The van der Waals surface area contributed by atoms with Gasteiger partial charge in [-0.2, -0.15) is 5.10 Å². The molecule has 20 heavy (non-hydrogen) atoms. The first-order valence-corrected chi connectivity index (χ1v) is 6.66. The number of aromatic amines is 1. The van der Waals surface area contributed by atoms with Gasteiger partial charge in [0.05, 0.1) is 5.69 Å². The number of carbonyl (C=O) groups excluding carboxylic acids is 1. The summed E-state index contributed by atoms with van der Waals surface area (Å²) in [5, 5.41) is 9.50. The highest BCUT2D eigenvalue weighted by Gasteiger charge is 2.21. The van der Waals surface area contributed by atoms with Crippen LogP contribution in [0.1, 0.15) is 28.0 Å². The third kappa shape index (κ3) is 2.61. The number of hydrogen-bond acceptors (Lipinski definition) is 3. The van der Waals surface area contributed by atoms with Crippen molar-refractivity contribution < 1.29 is 4.79 Å². The van der Waals surface area contributed by atoms with E-state index in [9.17, 15) is 9.59 Å². The predicted molar refractivity (Wildman–Crippen MR) is 74.6 cm³/mol. The zero-order chi connectivity index (χ0) is 13.9. The van der Waals surface area contributed by atoms with Crippen LogP contribution in [0.2, 0.25) is 0 Å². The lowest BCUT2D eigenvalue weighted by Gasteiger charge is -2.24. The third-order valence-electron chi connectivity index (χ3n) is 3.54. The van der Waals surface area contributed by atoms with Crippen molar-refractivity contribution in [1.29, 1.82) is 0 Å². The fourth-order valence-corrected chi connectivity index (χ4v) is 2.52. The fraction of sp³-hybridized carbons (Fsp3) is 0.267. The molecule has 1 heterocycles. The van der Waals surface area contributed by atoms with Crippen molar-refractivity contribution >= 4 is 5.91 Å². The number of nitrogens with one attached hydrogen (secondary N) is 2. The average Bonchev–Trinajstić information content (AvgIpc) is 2.47. The largest absolute Gasteiger partial charge is 0.349 e. The van der Waals surface area contributed by atoms with Gasteiger partial charge in [0, 0.05) is 17.7 Å². The predicted octanol–water partition coefficient (Wildman–Crippen LogP) is 1.06. The van der Waals surface area contributed by atoms with Crippen LogP contribution in [0.15, 0.2) is 41.2 Å². The second-order valence-electron chi connectivity index (χ2n) is 4.98. The number of carbonyl (C=O) groups is 1. The highest BCUT2D eigenvalue weighted by molar-refractivity contribution is 5.94. The van der Waals surface area contributed by atoms with E-state index >= 15 is 0 Å². The molecule has 0 saturated heterocycles. The average molecular weight is 269 g/mol. The lowest BCUT2D eigenvalue weighted by molar-refractivity contribution is 0.0933. The third-order valence-corrected chi connectivity index (χ3v) is 3.54. The summed E-state index contributed by atoms with van der Waals surface area (Å²) in [6.45, 7) is 0. The Balaban J connectivity index is 1.71. The maximum absolute atomic E-state index is 12.1. The van der Waals surface area contributed by atoms with Crippen molar-refractivity contribution in [2.75, 3.05) is 0 Å². The summed E-state index contributed by atoms with van der Waals surface area (Å²) in [7, 11) is 0. The molecular weight excluding hydrogens is 254 g/mol. The second-order valence-corrected chi connectivity index (χ2v) is 4.98. The molecule has 1 unspecified atom stereocenters. The van der Waals surface area contributed by atoms with Gasteiger partial charge in [0.15, 0.2) is 0 Å². The van der Waals surface area contributed by atoms with E-state index in [4.69, 9.17) is 0 Å². The molecule has 102 valence electrons. The molecule has 1 aliphatic carbocycles. The minimum absolute atomic E-state index is 0.0545. The Morgan fingerprint density at radius 2 is 2.10 bits per heavy atom. The van der Waals surface area contributed by atoms with E-state index in [1.54, 1.807) is 18.2 Å². The first-order valence-electron chi connectivity index (χ1n) is 6.66. The van der Waals surface area contributed by atoms with E-state index in [1.807, 2.05) is 18.2 Å². The number of amides is 1. The molecule has 1 aliphatic rings. The molecular formula is C15H15N3O2. The SMILES string of the molecule is O=C(NC1CCc2n[nH]c(=O)cc2C1)c1ccccc1. The van der Waals surface area contributed by atoms with Crippen LogP contribution in [-0.4, -0.2) is 22.1 Å². The zero-order valence-corrected chi connectivity index (χ0v) is 10.9. The molecule has 1 aromatic carbocycles. The Bertz CT molecular complexity index is 679. The first kappa shape index (κ1) is 12.6. The molecule has 5 heteroatoms. The quantitative estimate of drug-likeness (QED) is 0.856. The molecule has 0 bridgehead atoms. The Morgan fingerprint density at radius 1 is 1.30 bits per heavy atom. The van der Waals surface area contributed by atoms with Gasteiger partial charge in [-0.1, -0.05) is 18.2 Å². The number of aromatic nitrogens is 2. The molecule has 2 N–H and O–H groups in total. The minimum atomic E-state index is -0.196. The summed E-state index contributed by atoms with van der Waals surface area (Å²) in [4.78, 5) is 23.4. The van der Waals surface area contributed by atoms with Crippen LogP contribution in [0.5, 0.6) is 0 Å². The van der Waals surface area contributed by atoms with E-state index in [0.29, 0.717) is 12.0 Å². The molecule has 1 atom stereocenters. The molecule has 3 rings (SSSR count). The Hall–Kier alpha value is -2.43. The molecule has 1 amide bonds. The zero-order valence-electron chi connectivity index (χ0n) is 10.9. The van der Waals surface area contributed by atoms with Crippen LogP contribution >= 0.6 is 0 Å². The van der Waals surface area contributed by atoms with Crippen molar-refractivity contribution in [3.05, 3.63) is 63.6 Å². The van der Waals surface area contributed by atoms with Crippen LogP contribution in [0.25, 0.3) is 0 Å². The summed E-state index contributed by atoms with van der Waals surface area (Å²) >= 11 is 0. The van der Waals surface area contributed by atoms with Crippen LogP contribution < -0.4 is 10.9 Å². The summed E-state index contributed by atoms with van der Waals surface area (Å²) in [5.74, 6) is -0.0724. The van der Waals surface area contributed by atoms with Crippen molar-refractivity contribution in [2.45, 2.75) is 25.3 Å². The number of nitrogens with zero attached hydrogens (tertiary/aromatic N) is 1. The van der Waals surface area contributed by atoms with E-state index in [-0.39, 0.29) is 17.5 Å². The molecule has 0 fully saturated rings. The first-order chi connectivity index (χ1) is 9.72. The van der Waals surface area contributed by atoms with Gasteiger partial charge in [0.25, 0.3) is 11.5 Å². The number of aryl methyl sites for hydroxylation is 1. The Morgan fingerprint density at radius 3 is 2.90 bits per heavy atom. The van der Waals surface area contributed by atoms with Gasteiger partial charge in [0.1, 0.15) is 0 Å². The van der Waals surface area contributed by atoms with Gasteiger partial charge in [0.2, 0.25) is 0 Å². The summed E-state index contributed by atoms with van der Waals surface area (Å²) < 4.78 is 0. The minimum Gasteiger partial charge on any atom is -0.349 e. The molecule has 0 aliphatic heterocycles. The molecule has 5 nitrogen and oxygen atoms in total. The lowest BCUT2D eigenvalue weighted by Crippen LogP contribution is -2.39. The molecule has 2 aromatic rings. The smallest absolute Gasteiger partial charge is 0.264 e. The number of rotatable bonds is 2. The van der Waals surface area contributed by atoms with Crippen LogP contribution in [0.3, 0.4) is 0 Å². The summed E-state index contributed by atoms with van der Waals surface area (Å²) in [6, 6.07) is 10.8. The molecule has 0 saturated carbocycles. The maximum Gasteiger partial charge on any atom is 0.264 e. The van der Waals surface area contributed by atoms with Gasteiger partial charge in [-0.3, -0.25) is 9.59 Å². The number of hydrogen-bond donors (Lipinski definition) is 2. The molecule has 0 spiro atoms. The van der Waals surface area contributed by atoms with Crippen molar-refractivity contribution in [1.82, 2.24) is 15.5 Å². The van der Waals surface area contributed by atoms with E-state index in [0.717, 1.165) is 24.1 Å². The Labute approximate surface area is 116 Å². The number of benzene rings is 1. The molecule has 1 aromatic heterocycles. The van der Waals surface area contributed by atoms with Gasteiger partial charge >= 0.3 is 0 Å². The molecule has 0 radical (unpaired) electrons.